The van der Waals surface area contributed by atoms with Gasteiger partial charge in [-0.2, -0.15) is 0 Å². The lowest BCUT2D eigenvalue weighted by molar-refractivity contribution is 0.241. The van der Waals surface area contributed by atoms with Crippen LogP contribution in [0.25, 0.3) is 0 Å². The van der Waals surface area contributed by atoms with Crippen LogP contribution in [0.3, 0.4) is 0 Å². The molecule has 1 N–H and O–H groups in total. The summed E-state index contributed by atoms with van der Waals surface area (Å²) in [4.78, 5) is 4.07. The molecule has 0 aromatic heterocycles. The van der Waals surface area contributed by atoms with Gasteiger partial charge in [-0.05, 0) is 19.2 Å². The van der Waals surface area contributed by atoms with E-state index in [1.807, 2.05) is 11.9 Å². The zero-order valence-corrected chi connectivity index (χ0v) is 10.8. The number of benzene rings is 1. The molecule has 0 spiro atoms. The first-order valence-corrected chi connectivity index (χ1v) is 6.14. The molecule has 3 nitrogen and oxygen atoms in total. The van der Waals surface area contributed by atoms with Crippen LogP contribution in [0.4, 0.5) is 14.5 Å². The van der Waals surface area contributed by atoms with E-state index in [4.69, 9.17) is 0 Å². The summed E-state index contributed by atoms with van der Waals surface area (Å²) in [5.74, 6) is -1.05. The summed E-state index contributed by atoms with van der Waals surface area (Å²) < 4.78 is 26.5. The smallest absolute Gasteiger partial charge is 0.149 e. The summed E-state index contributed by atoms with van der Waals surface area (Å²) in [5.41, 5.74) is 0.437. The van der Waals surface area contributed by atoms with Gasteiger partial charge >= 0.3 is 0 Å². The summed E-state index contributed by atoms with van der Waals surface area (Å²) in [7, 11) is 3.90. The summed E-state index contributed by atoms with van der Waals surface area (Å²) in [6.07, 6.45) is 0. The van der Waals surface area contributed by atoms with Crippen molar-refractivity contribution >= 4 is 5.69 Å². The quantitative estimate of drug-likeness (QED) is 0.878. The normalized spacial score (nSPS) is 21.0. The molecule has 0 aliphatic carbocycles. The number of piperazine rings is 1. The van der Waals surface area contributed by atoms with Crippen molar-refractivity contribution in [1.29, 1.82) is 0 Å². The zero-order chi connectivity index (χ0) is 13.1. The van der Waals surface area contributed by atoms with Crippen molar-refractivity contribution in [3.63, 3.8) is 0 Å². The molecule has 1 fully saturated rings. The predicted octanol–water partition coefficient (Wildman–Crippen LogP) is 1.30. The van der Waals surface area contributed by atoms with E-state index >= 15 is 0 Å². The number of hydrogen-bond donors (Lipinski definition) is 1. The van der Waals surface area contributed by atoms with Gasteiger partial charge in [-0.1, -0.05) is 0 Å². The van der Waals surface area contributed by atoms with Crippen LogP contribution in [0.5, 0.6) is 0 Å². The second-order valence-corrected chi connectivity index (χ2v) is 4.89. The number of nitrogens with one attached hydrogen (secondary N) is 1. The van der Waals surface area contributed by atoms with Crippen molar-refractivity contribution in [2.45, 2.75) is 6.04 Å². The third kappa shape index (κ3) is 3.17. The molecule has 2 rings (SSSR count). The Hall–Kier alpha value is -1.20. The lowest BCUT2D eigenvalue weighted by Gasteiger charge is -2.34. The fourth-order valence-electron chi connectivity index (χ4n) is 2.33. The maximum Gasteiger partial charge on any atom is 0.149 e. The minimum Gasteiger partial charge on any atom is -0.371 e. The highest BCUT2D eigenvalue weighted by Crippen LogP contribution is 2.19. The van der Waals surface area contributed by atoms with Gasteiger partial charge in [-0.3, -0.25) is 0 Å². The van der Waals surface area contributed by atoms with Gasteiger partial charge in [0.15, 0.2) is 0 Å². The topological polar surface area (TPSA) is 18.5 Å². The van der Waals surface area contributed by atoms with Crippen LogP contribution in [0.15, 0.2) is 18.2 Å². The monoisotopic (exact) mass is 255 g/mol. The summed E-state index contributed by atoms with van der Waals surface area (Å²) in [6.45, 7) is 3.62. The summed E-state index contributed by atoms with van der Waals surface area (Å²) in [5, 5.41) is 3.40. The van der Waals surface area contributed by atoms with E-state index in [2.05, 4.69) is 17.3 Å². The van der Waals surface area contributed by atoms with E-state index in [1.165, 1.54) is 12.1 Å². The predicted molar refractivity (Wildman–Crippen MR) is 68.9 cm³/mol. The third-order valence-electron chi connectivity index (χ3n) is 3.27. The van der Waals surface area contributed by atoms with E-state index in [-0.39, 0.29) is 0 Å². The highest BCUT2D eigenvalue weighted by molar-refractivity contribution is 5.47. The second kappa shape index (κ2) is 5.63. The third-order valence-corrected chi connectivity index (χ3v) is 3.27. The second-order valence-electron chi connectivity index (χ2n) is 4.89. The molecular formula is C13H19F2N3. The van der Waals surface area contributed by atoms with Gasteiger partial charge in [0.05, 0.1) is 5.69 Å². The zero-order valence-electron chi connectivity index (χ0n) is 10.8. The molecule has 1 heterocycles. The Morgan fingerprint density at radius 2 is 2.22 bits per heavy atom. The van der Waals surface area contributed by atoms with Gasteiger partial charge in [-0.15, -0.1) is 0 Å². The van der Waals surface area contributed by atoms with E-state index in [1.54, 1.807) is 0 Å². The molecule has 1 aromatic rings. The van der Waals surface area contributed by atoms with Gasteiger partial charge in [0.25, 0.3) is 0 Å². The van der Waals surface area contributed by atoms with E-state index in [9.17, 15) is 8.78 Å². The molecular weight excluding hydrogens is 236 g/mol. The Bertz CT molecular complexity index is 411. The van der Waals surface area contributed by atoms with Crippen LogP contribution in [0.1, 0.15) is 0 Å². The number of halogens is 2. The molecule has 1 atom stereocenters. The van der Waals surface area contributed by atoms with Crippen LogP contribution in [0.2, 0.25) is 0 Å². The van der Waals surface area contributed by atoms with Crippen molar-refractivity contribution in [1.82, 2.24) is 10.2 Å². The van der Waals surface area contributed by atoms with Gasteiger partial charge in [0, 0.05) is 45.3 Å². The van der Waals surface area contributed by atoms with Crippen molar-refractivity contribution in [3.05, 3.63) is 29.8 Å². The first-order valence-electron chi connectivity index (χ1n) is 6.14. The molecule has 1 saturated heterocycles. The SMILES string of the molecule is CN1CCNC(CN(C)c2ccc(F)cc2F)C1. The van der Waals surface area contributed by atoms with Crippen LogP contribution in [-0.4, -0.2) is 51.2 Å². The maximum atomic E-state index is 13.6. The molecule has 18 heavy (non-hydrogen) atoms. The number of likely N-dealkylation sites (N-methyl/N-ethyl adjacent to an activating group) is 2. The number of hydrogen-bond acceptors (Lipinski definition) is 3. The highest BCUT2D eigenvalue weighted by Gasteiger charge is 2.19. The Labute approximate surface area is 106 Å². The van der Waals surface area contributed by atoms with E-state index < -0.39 is 11.6 Å². The molecule has 0 radical (unpaired) electrons. The number of rotatable bonds is 3. The summed E-state index contributed by atoms with van der Waals surface area (Å²) >= 11 is 0. The standard InChI is InChI=1S/C13H19F2N3/c1-17-6-5-16-11(8-17)9-18(2)13-4-3-10(14)7-12(13)15/h3-4,7,11,16H,5-6,8-9H2,1-2H3. The average Bonchev–Trinajstić information content (AvgIpc) is 2.28. The highest BCUT2D eigenvalue weighted by atomic mass is 19.1. The Morgan fingerprint density at radius 3 is 2.89 bits per heavy atom. The molecule has 0 amide bonds. The van der Waals surface area contributed by atoms with Gasteiger partial charge < -0.3 is 15.1 Å². The number of nitrogens with zero attached hydrogens (tertiary/aromatic N) is 2. The van der Waals surface area contributed by atoms with E-state index in [0.29, 0.717) is 18.3 Å². The van der Waals surface area contributed by atoms with Crippen LogP contribution < -0.4 is 10.2 Å². The molecule has 5 heteroatoms. The van der Waals surface area contributed by atoms with Crippen LogP contribution >= 0.6 is 0 Å². The fourth-order valence-corrected chi connectivity index (χ4v) is 2.33. The van der Waals surface area contributed by atoms with Crippen molar-refractivity contribution in [3.8, 4) is 0 Å². The minimum absolute atomic E-state index is 0.304. The fraction of sp³-hybridized carbons (Fsp3) is 0.538. The van der Waals surface area contributed by atoms with Gasteiger partial charge in [-0.25, -0.2) is 8.78 Å². The lowest BCUT2D eigenvalue weighted by atomic mass is 10.2. The van der Waals surface area contributed by atoms with E-state index in [0.717, 1.165) is 25.7 Å². The van der Waals surface area contributed by atoms with Crippen LogP contribution in [0, 0.1) is 11.6 Å². The summed E-state index contributed by atoms with van der Waals surface area (Å²) in [6, 6.07) is 4.00. The van der Waals surface area contributed by atoms with Crippen LogP contribution in [-0.2, 0) is 0 Å². The molecule has 0 bridgehead atoms. The molecule has 100 valence electrons. The Balaban J connectivity index is 2.00. The van der Waals surface area contributed by atoms with Gasteiger partial charge in [0.1, 0.15) is 11.6 Å². The van der Waals surface area contributed by atoms with Crippen molar-refractivity contribution < 1.29 is 8.78 Å². The Kier molecular flexibility index (Phi) is 4.14. The molecule has 1 aromatic carbocycles. The Morgan fingerprint density at radius 1 is 1.44 bits per heavy atom. The molecule has 0 saturated carbocycles. The van der Waals surface area contributed by atoms with Gasteiger partial charge in [0.2, 0.25) is 0 Å². The first kappa shape index (κ1) is 13.2. The largest absolute Gasteiger partial charge is 0.371 e. The lowest BCUT2D eigenvalue weighted by Crippen LogP contribution is -2.53. The average molecular weight is 255 g/mol. The molecule has 1 aliphatic heterocycles. The molecule has 1 unspecified atom stereocenters. The molecule has 1 aliphatic rings. The van der Waals surface area contributed by atoms with Crippen molar-refractivity contribution in [2.75, 3.05) is 45.2 Å². The van der Waals surface area contributed by atoms with Crippen molar-refractivity contribution in [2.24, 2.45) is 0 Å². The minimum atomic E-state index is -0.542. The number of anilines is 1. The maximum absolute atomic E-state index is 13.6. The first-order chi connectivity index (χ1) is 8.56.